The average Bonchev–Trinajstić information content (AvgIpc) is 2.17. The van der Waals surface area contributed by atoms with Crippen LogP contribution in [0.1, 0.15) is 6.92 Å². The Bertz CT molecular complexity index is 477. The van der Waals surface area contributed by atoms with E-state index in [1.54, 1.807) is 12.1 Å². The van der Waals surface area contributed by atoms with Crippen LogP contribution >= 0.6 is 0 Å². The molecule has 88 valence electrons. The summed E-state index contributed by atoms with van der Waals surface area (Å²) < 4.78 is 22.4. The van der Waals surface area contributed by atoms with E-state index < -0.39 is 9.84 Å². The molecule has 0 saturated heterocycles. The van der Waals surface area contributed by atoms with Gasteiger partial charge in [0.25, 0.3) is 0 Å². The molecular weight excluding hydrogens is 226 g/mol. The highest BCUT2D eigenvalue weighted by atomic mass is 32.2. The lowest BCUT2D eigenvalue weighted by Crippen LogP contribution is -2.22. The van der Waals surface area contributed by atoms with E-state index in [1.165, 1.54) is 18.4 Å². The molecule has 0 atom stereocenters. The zero-order valence-electron chi connectivity index (χ0n) is 9.27. The second kappa shape index (κ2) is 4.98. The number of aliphatic imine (C=N–C) groups is 1. The molecule has 0 aliphatic carbocycles. The van der Waals surface area contributed by atoms with Gasteiger partial charge in [-0.05, 0) is 31.2 Å². The van der Waals surface area contributed by atoms with Gasteiger partial charge < -0.3 is 11.1 Å². The van der Waals surface area contributed by atoms with E-state index in [9.17, 15) is 8.42 Å². The first-order valence-electron chi connectivity index (χ1n) is 4.80. The molecule has 0 fully saturated rings. The average molecular weight is 241 g/mol. The topological polar surface area (TPSA) is 84.5 Å². The number of sulfone groups is 1. The molecule has 0 aliphatic rings. The molecule has 3 N–H and O–H groups in total. The van der Waals surface area contributed by atoms with Crippen molar-refractivity contribution in [1.82, 2.24) is 0 Å². The lowest BCUT2D eigenvalue weighted by Gasteiger charge is -2.05. The van der Waals surface area contributed by atoms with E-state index >= 15 is 0 Å². The van der Waals surface area contributed by atoms with Crippen molar-refractivity contribution in [2.24, 2.45) is 10.7 Å². The van der Waals surface area contributed by atoms with Crippen LogP contribution in [0.15, 0.2) is 34.2 Å². The van der Waals surface area contributed by atoms with Crippen LogP contribution in [0.25, 0.3) is 0 Å². The summed E-state index contributed by atoms with van der Waals surface area (Å²) in [6.07, 6.45) is 1.17. The van der Waals surface area contributed by atoms with E-state index in [-0.39, 0.29) is 4.90 Å². The number of nitrogens with one attached hydrogen (secondary N) is 1. The van der Waals surface area contributed by atoms with Crippen molar-refractivity contribution in [1.29, 1.82) is 0 Å². The summed E-state index contributed by atoms with van der Waals surface area (Å²) in [5.74, 6) is 0.314. The van der Waals surface area contributed by atoms with Gasteiger partial charge in [-0.25, -0.2) is 8.42 Å². The fourth-order valence-electron chi connectivity index (χ4n) is 1.14. The van der Waals surface area contributed by atoms with Crippen LogP contribution in [0.5, 0.6) is 0 Å². The van der Waals surface area contributed by atoms with Gasteiger partial charge in [-0.15, -0.1) is 0 Å². The molecule has 16 heavy (non-hydrogen) atoms. The van der Waals surface area contributed by atoms with Crippen LogP contribution in [-0.4, -0.2) is 27.2 Å². The Labute approximate surface area is 95.3 Å². The van der Waals surface area contributed by atoms with Crippen molar-refractivity contribution >= 4 is 21.5 Å². The molecule has 1 rings (SSSR count). The quantitative estimate of drug-likeness (QED) is 0.606. The summed E-state index contributed by atoms with van der Waals surface area (Å²) in [7, 11) is -3.15. The third-order valence-corrected chi connectivity index (χ3v) is 3.01. The molecule has 0 saturated carbocycles. The van der Waals surface area contributed by atoms with Gasteiger partial charge in [-0.1, -0.05) is 0 Å². The predicted octanol–water partition coefficient (Wildman–Crippen LogP) is 0.837. The normalized spacial score (nSPS) is 12.5. The molecule has 1 aromatic rings. The number of rotatable bonds is 3. The fourth-order valence-corrected chi connectivity index (χ4v) is 1.77. The van der Waals surface area contributed by atoms with E-state index in [2.05, 4.69) is 10.3 Å². The van der Waals surface area contributed by atoms with E-state index in [0.29, 0.717) is 18.2 Å². The predicted molar refractivity (Wildman–Crippen MR) is 65.3 cm³/mol. The summed E-state index contributed by atoms with van der Waals surface area (Å²) in [6.45, 7) is 2.47. The number of benzene rings is 1. The largest absolute Gasteiger partial charge is 0.370 e. The van der Waals surface area contributed by atoms with Gasteiger partial charge in [-0.2, -0.15) is 0 Å². The molecule has 0 aromatic heterocycles. The maximum Gasteiger partial charge on any atom is 0.193 e. The van der Waals surface area contributed by atoms with Gasteiger partial charge in [0.05, 0.1) is 4.90 Å². The van der Waals surface area contributed by atoms with Gasteiger partial charge in [0.2, 0.25) is 0 Å². The SMILES string of the molecule is CCN=C(N)Nc1ccc(S(C)(=O)=O)cc1. The third-order valence-electron chi connectivity index (χ3n) is 1.88. The summed E-state index contributed by atoms with van der Waals surface area (Å²) in [5, 5.41) is 2.85. The van der Waals surface area contributed by atoms with Crippen LogP contribution in [0.3, 0.4) is 0 Å². The Morgan fingerprint density at radius 3 is 2.38 bits per heavy atom. The smallest absolute Gasteiger partial charge is 0.193 e. The summed E-state index contributed by atoms with van der Waals surface area (Å²) in [5.41, 5.74) is 6.27. The minimum atomic E-state index is -3.15. The Balaban J connectivity index is 2.84. The van der Waals surface area contributed by atoms with Crippen LogP contribution in [0.4, 0.5) is 5.69 Å². The van der Waals surface area contributed by atoms with Gasteiger partial charge >= 0.3 is 0 Å². The molecule has 0 bridgehead atoms. The van der Waals surface area contributed by atoms with Crippen LogP contribution < -0.4 is 11.1 Å². The van der Waals surface area contributed by atoms with Crippen LogP contribution in [0, 0.1) is 0 Å². The maximum absolute atomic E-state index is 11.2. The molecule has 5 nitrogen and oxygen atoms in total. The Morgan fingerprint density at radius 2 is 1.94 bits per heavy atom. The van der Waals surface area contributed by atoms with Crippen LogP contribution in [0.2, 0.25) is 0 Å². The van der Waals surface area contributed by atoms with Gasteiger partial charge in [0.15, 0.2) is 15.8 Å². The molecule has 0 radical (unpaired) electrons. The molecule has 6 heteroatoms. The highest BCUT2D eigenvalue weighted by Crippen LogP contribution is 2.13. The Morgan fingerprint density at radius 1 is 1.38 bits per heavy atom. The zero-order valence-corrected chi connectivity index (χ0v) is 10.1. The molecule has 0 aliphatic heterocycles. The number of guanidine groups is 1. The second-order valence-electron chi connectivity index (χ2n) is 3.28. The summed E-state index contributed by atoms with van der Waals surface area (Å²) in [6, 6.07) is 6.34. The zero-order chi connectivity index (χ0) is 12.2. The maximum atomic E-state index is 11.2. The molecular formula is C10H15N3O2S. The molecule has 0 amide bonds. The molecule has 0 spiro atoms. The van der Waals surface area contributed by atoms with Crippen LogP contribution in [-0.2, 0) is 9.84 Å². The second-order valence-corrected chi connectivity index (χ2v) is 5.30. The first kappa shape index (κ1) is 12.5. The first-order chi connectivity index (χ1) is 7.43. The van der Waals surface area contributed by atoms with Crippen molar-refractivity contribution < 1.29 is 8.42 Å². The van der Waals surface area contributed by atoms with Crippen molar-refractivity contribution in [3.63, 3.8) is 0 Å². The molecule has 0 unspecified atom stereocenters. The van der Waals surface area contributed by atoms with Gasteiger partial charge in [-0.3, -0.25) is 4.99 Å². The fraction of sp³-hybridized carbons (Fsp3) is 0.300. The van der Waals surface area contributed by atoms with Crippen molar-refractivity contribution in [2.75, 3.05) is 18.1 Å². The standard InChI is InChI=1S/C10H15N3O2S/c1-3-12-10(11)13-8-4-6-9(7-5-8)16(2,14)15/h4-7H,3H2,1-2H3,(H3,11,12,13). The van der Waals surface area contributed by atoms with Gasteiger partial charge in [0.1, 0.15) is 0 Å². The molecule has 1 aromatic carbocycles. The molecule has 0 heterocycles. The highest BCUT2D eigenvalue weighted by Gasteiger charge is 2.05. The Hall–Kier alpha value is -1.56. The lowest BCUT2D eigenvalue weighted by molar-refractivity contribution is 0.602. The van der Waals surface area contributed by atoms with Crippen molar-refractivity contribution in [3.8, 4) is 0 Å². The van der Waals surface area contributed by atoms with E-state index in [0.717, 1.165) is 0 Å². The number of nitrogens with zero attached hydrogens (tertiary/aromatic N) is 1. The minimum Gasteiger partial charge on any atom is -0.370 e. The monoisotopic (exact) mass is 241 g/mol. The lowest BCUT2D eigenvalue weighted by atomic mass is 10.3. The first-order valence-corrected chi connectivity index (χ1v) is 6.69. The number of anilines is 1. The number of hydrogen-bond donors (Lipinski definition) is 2. The third kappa shape index (κ3) is 3.54. The summed E-state index contributed by atoms with van der Waals surface area (Å²) in [4.78, 5) is 4.24. The number of nitrogens with two attached hydrogens (primary N) is 1. The van der Waals surface area contributed by atoms with Crippen molar-refractivity contribution in [2.45, 2.75) is 11.8 Å². The van der Waals surface area contributed by atoms with Crippen molar-refractivity contribution in [3.05, 3.63) is 24.3 Å². The highest BCUT2D eigenvalue weighted by molar-refractivity contribution is 7.90. The van der Waals surface area contributed by atoms with E-state index in [4.69, 9.17) is 5.73 Å². The number of hydrogen-bond acceptors (Lipinski definition) is 3. The van der Waals surface area contributed by atoms with E-state index in [1.807, 2.05) is 6.92 Å². The summed E-state index contributed by atoms with van der Waals surface area (Å²) >= 11 is 0. The minimum absolute atomic E-state index is 0.282. The Kier molecular flexibility index (Phi) is 3.89. The van der Waals surface area contributed by atoms with Gasteiger partial charge in [0, 0.05) is 18.5 Å².